The van der Waals surface area contributed by atoms with Crippen molar-refractivity contribution in [3.8, 4) is 17.6 Å². The van der Waals surface area contributed by atoms with Crippen LogP contribution in [0.1, 0.15) is 57.9 Å². The van der Waals surface area contributed by atoms with E-state index in [2.05, 4.69) is 34.2 Å². The summed E-state index contributed by atoms with van der Waals surface area (Å²) in [6.45, 7) is 7.23. The van der Waals surface area contributed by atoms with Crippen LogP contribution >= 0.6 is 15.9 Å². The molecule has 176 valence electrons. The third-order valence-electron chi connectivity index (χ3n) is 6.02. The number of carbonyl (C=O) groups excluding carboxylic acids is 1. The summed E-state index contributed by atoms with van der Waals surface area (Å²) in [5.41, 5.74) is 9.35. The zero-order valence-electron chi connectivity index (χ0n) is 19.5. The third-order valence-corrected chi connectivity index (χ3v) is 6.61. The number of Topliss-reactive ketones (excluding diaryl/α,β-unsaturated/α-hetero) is 1. The number of allylic oxidation sites excluding steroid dienone is 4. The van der Waals surface area contributed by atoms with Crippen molar-refractivity contribution in [2.75, 3.05) is 19.8 Å². The highest BCUT2D eigenvalue weighted by molar-refractivity contribution is 9.10. The first-order valence-electron chi connectivity index (χ1n) is 11.5. The number of ether oxygens (including phenoxy) is 2. The number of rotatable bonds is 9. The number of nitrogens with two attached hydrogens (primary N) is 1. The lowest BCUT2D eigenvalue weighted by molar-refractivity contribution is -0.117. The van der Waals surface area contributed by atoms with Gasteiger partial charge in [0.05, 0.1) is 28.6 Å². The van der Waals surface area contributed by atoms with Crippen molar-refractivity contribution in [3.63, 3.8) is 0 Å². The van der Waals surface area contributed by atoms with Gasteiger partial charge in [0.25, 0.3) is 0 Å². The Labute approximate surface area is 204 Å². The topological polar surface area (TPSA) is 97.4 Å². The average Bonchev–Trinajstić information content (AvgIpc) is 2.77. The normalized spacial score (nSPS) is 20.5. The fourth-order valence-corrected chi connectivity index (χ4v) is 5.24. The number of hydrogen-bond donors (Lipinski definition) is 2. The molecule has 1 aliphatic carbocycles. The summed E-state index contributed by atoms with van der Waals surface area (Å²) >= 11 is 3.62. The molecule has 0 bridgehead atoms. The van der Waals surface area contributed by atoms with Gasteiger partial charge in [0.2, 0.25) is 0 Å². The SMILES string of the molecule is CCCC1CC(=O)C2=C(C1)NC(C)=C(C#N)C2c1cc(Br)c(OCC=CCN)c(OCC)c1. The minimum atomic E-state index is -0.428. The van der Waals surface area contributed by atoms with Gasteiger partial charge in [-0.15, -0.1) is 0 Å². The van der Waals surface area contributed by atoms with Crippen molar-refractivity contribution < 1.29 is 14.3 Å². The molecule has 1 aliphatic heterocycles. The molecule has 1 aromatic rings. The summed E-state index contributed by atoms with van der Waals surface area (Å²) in [4.78, 5) is 13.3. The van der Waals surface area contributed by atoms with Crippen LogP contribution in [0.25, 0.3) is 0 Å². The van der Waals surface area contributed by atoms with Gasteiger partial charge in [-0.2, -0.15) is 5.26 Å². The summed E-state index contributed by atoms with van der Waals surface area (Å²) in [5, 5.41) is 13.4. The number of dihydropyridines is 1. The number of halogens is 1. The van der Waals surface area contributed by atoms with E-state index in [1.165, 1.54) is 0 Å². The molecule has 0 spiro atoms. The van der Waals surface area contributed by atoms with Gasteiger partial charge in [0.15, 0.2) is 17.3 Å². The Balaban J connectivity index is 2.08. The highest BCUT2D eigenvalue weighted by atomic mass is 79.9. The van der Waals surface area contributed by atoms with Crippen molar-refractivity contribution >= 4 is 21.7 Å². The van der Waals surface area contributed by atoms with Gasteiger partial charge >= 0.3 is 0 Å². The molecule has 2 aliphatic rings. The molecule has 0 fully saturated rings. The molecule has 6 nitrogen and oxygen atoms in total. The molecule has 0 saturated heterocycles. The van der Waals surface area contributed by atoms with E-state index < -0.39 is 5.92 Å². The van der Waals surface area contributed by atoms with Crippen LogP contribution in [0.3, 0.4) is 0 Å². The first-order chi connectivity index (χ1) is 15.9. The van der Waals surface area contributed by atoms with Crippen molar-refractivity contribution in [3.05, 3.63) is 56.9 Å². The molecule has 0 radical (unpaired) electrons. The van der Waals surface area contributed by atoms with Gasteiger partial charge in [-0.1, -0.05) is 25.5 Å². The molecule has 3 N–H and O–H groups in total. The standard InChI is InChI=1S/C26H32BrN3O3/c1-4-8-17-11-21-25(22(31)12-17)24(19(15-29)16(3)30-21)18-13-20(27)26(23(14-18)32-5-2)33-10-7-6-9-28/h6-7,13-14,17,24,30H,4-5,8-12,28H2,1-3H3. The molecule has 33 heavy (non-hydrogen) atoms. The molecule has 0 amide bonds. The van der Waals surface area contributed by atoms with Crippen LogP contribution in [0.5, 0.6) is 11.5 Å². The Morgan fingerprint density at radius 1 is 1.27 bits per heavy atom. The lowest BCUT2D eigenvalue weighted by atomic mass is 9.72. The summed E-state index contributed by atoms with van der Waals surface area (Å²) < 4.78 is 12.5. The molecule has 1 heterocycles. The summed E-state index contributed by atoms with van der Waals surface area (Å²) in [5.74, 6) is 1.19. The van der Waals surface area contributed by atoms with Gasteiger partial charge in [-0.05, 0) is 66.2 Å². The number of nitrogens with zero attached hydrogens (tertiary/aromatic N) is 1. The quantitative estimate of drug-likeness (QED) is 0.437. The van der Waals surface area contributed by atoms with Crippen LogP contribution in [0.4, 0.5) is 0 Å². The number of carbonyl (C=O) groups is 1. The molecular formula is C26H32BrN3O3. The highest BCUT2D eigenvalue weighted by Gasteiger charge is 2.38. The second-order valence-corrected chi connectivity index (χ2v) is 9.22. The van der Waals surface area contributed by atoms with Crippen LogP contribution in [0.15, 0.2) is 51.3 Å². The van der Waals surface area contributed by atoms with Crippen LogP contribution in [0, 0.1) is 17.2 Å². The van der Waals surface area contributed by atoms with E-state index in [9.17, 15) is 10.1 Å². The van der Waals surface area contributed by atoms with Crippen molar-refractivity contribution in [2.45, 2.75) is 52.4 Å². The van der Waals surface area contributed by atoms with Crippen LogP contribution in [-0.4, -0.2) is 25.5 Å². The Morgan fingerprint density at radius 2 is 2.06 bits per heavy atom. The third kappa shape index (κ3) is 5.51. The van der Waals surface area contributed by atoms with Gasteiger partial charge in [-0.25, -0.2) is 0 Å². The molecule has 2 unspecified atom stereocenters. The largest absolute Gasteiger partial charge is 0.490 e. The maximum atomic E-state index is 13.3. The van der Waals surface area contributed by atoms with Crippen LogP contribution in [-0.2, 0) is 4.79 Å². The molecule has 3 rings (SSSR count). The van der Waals surface area contributed by atoms with Gasteiger partial charge in [0, 0.05) is 29.9 Å². The van der Waals surface area contributed by atoms with Gasteiger partial charge in [0.1, 0.15) is 6.61 Å². The number of benzene rings is 1. The van der Waals surface area contributed by atoms with E-state index in [1.807, 2.05) is 38.1 Å². The lowest BCUT2D eigenvalue weighted by Gasteiger charge is -2.35. The van der Waals surface area contributed by atoms with Crippen molar-refractivity contribution in [1.82, 2.24) is 5.32 Å². The van der Waals surface area contributed by atoms with E-state index in [0.29, 0.717) is 59.2 Å². The Morgan fingerprint density at radius 3 is 2.73 bits per heavy atom. The predicted molar refractivity (Wildman–Crippen MR) is 133 cm³/mol. The molecule has 1 aromatic carbocycles. The molecule has 0 aromatic heterocycles. The Hall–Kier alpha value is -2.56. The van der Waals surface area contributed by atoms with E-state index in [0.717, 1.165) is 36.2 Å². The smallest absolute Gasteiger partial charge is 0.175 e. The van der Waals surface area contributed by atoms with Gasteiger partial charge in [-0.3, -0.25) is 4.79 Å². The highest BCUT2D eigenvalue weighted by Crippen LogP contribution is 2.47. The van der Waals surface area contributed by atoms with Crippen LogP contribution in [0.2, 0.25) is 0 Å². The maximum Gasteiger partial charge on any atom is 0.175 e. The first-order valence-corrected chi connectivity index (χ1v) is 12.3. The molecule has 7 heteroatoms. The minimum absolute atomic E-state index is 0.119. The lowest BCUT2D eigenvalue weighted by Crippen LogP contribution is -2.34. The number of hydrogen-bond acceptors (Lipinski definition) is 6. The van der Waals surface area contributed by atoms with E-state index >= 15 is 0 Å². The van der Waals surface area contributed by atoms with E-state index in [1.54, 1.807) is 0 Å². The van der Waals surface area contributed by atoms with Gasteiger partial charge < -0.3 is 20.5 Å². The summed E-state index contributed by atoms with van der Waals surface area (Å²) in [7, 11) is 0. The average molecular weight is 514 g/mol. The second-order valence-electron chi connectivity index (χ2n) is 8.37. The molecule has 2 atom stereocenters. The van der Waals surface area contributed by atoms with Crippen LogP contribution < -0.4 is 20.5 Å². The zero-order chi connectivity index (χ0) is 24.0. The number of nitrogens with one attached hydrogen (secondary N) is 1. The fraction of sp³-hybridized carbons (Fsp3) is 0.462. The fourth-order valence-electron chi connectivity index (χ4n) is 4.67. The van der Waals surface area contributed by atoms with E-state index in [-0.39, 0.29) is 5.78 Å². The molecular weight excluding hydrogens is 482 g/mol. The Kier molecular flexibility index (Phi) is 8.76. The van der Waals surface area contributed by atoms with E-state index in [4.69, 9.17) is 15.2 Å². The minimum Gasteiger partial charge on any atom is -0.490 e. The second kappa shape index (κ2) is 11.5. The monoisotopic (exact) mass is 513 g/mol. The number of nitriles is 1. The molecule has 0 saturated carbocycles. The summed E-state index contributed by atoms with van der Waals surface area (Å²) in [6.07, 6.45) is 7.11. The Bertz CT molecular complexity index is 1040. The zero-order valence-corrected chi connectivity index (χ0v) is 21.1. The van der Waals surface area contributed by atoms with Crippen molar-refractivity contribution in [1.29, 1.82) is 5.26 Å². The van der Waals surface area contributed by atoms with Crippen molar-refractivity contribution in [2.24, 2.45) is 11.7 Å². The first kappa shape index (κ1) is 25.1. The number of ketones is 1. The maximum absolute atomic E-state index is 13.3. The summed E-state index contributed by atoms with van der Waals surface area (Å²) in [6, 6.07) is 6.18. The predicted octanol–water partition coefficient (Wildman–Crippen LogP) is 5.26.